The molecule has 1 amide bonds. The second kappa shape index (κ2) is 6.25. The van der Waals surface area contributed by atoms with Crippen LogP contribution in [0.15, 0.2) is 53.1 Å². The van der Waals surface area contributed by atoms with Crippen LogP contribution in [0.2, 0.25) is 0 Å². The van der Waals surface area contributed by atoms with Crippen LogP contribution in [0.4, 0.5) is 0 Å². The van der Waals surface area contributed by atoms with Gasteiger partial charge in [-0.15, -0.1) is 0 Å². The van der Waals surface area contributed by atoms with E-state index in [4.69, 9.17) is 4.52 Å². The van der Waals surface area contributed by atoms with Crippen LogP contribution in [0.5, 0.6) is 0 Å². The van der Waals surface area contributed by atoms with Gasteiger partial charge in [-0.3, -0.25) is 9.69 Å². The predicted molar refractivity (Wildman–Crippen MR) is 98.6 cm³/mol. The van der Waals surface area contributed by atoms with Crippen molar-refractivity contribution in [1.82, 2.24) is 15.0 Å². The van der Waals surface area contributed by atoms with Gasteiger partial charge in [0, 0.05) is 37.6 Å². The first-order valence-corrected chi connectivity index (χ1v) is 9.20. The lowest BCUT2D eigenvalue weighted by Gasteiger charge is -2.47. The van der Waals surface area contributed by atoms with E-state index in [2.05, 4.69) is 34.3 Å². The highest BCUT2D eigenvalue weighted by atomic mass is 16.5. The molecule has 5 heteroatoms. The summed E-state index contributed by atoms with van der Waals surface area (Å²) < 4.78 is 5.30. The van der Waals surface area contributed by atoms with E-state index in [1.165, 1.54) is 11.1 Å². The lowest BCUT2D eigenvalue weighted by Crippen LogP contribution is -2.61. The van der Waals surface area contributed by atoms with Gasteiger partial charge in [0.15, 0.2) is 5.58 Å². The number of likely N-dealkylation sites (tertiary alicyclic amines) is 1. The Bertz CT molecular complexity index is 959. The number of hydrogen-bond acceptors (Lipinski definition) is 4. The Balaban J connectivity index is 1.20. The maximum Gasteiger partial charge on any atom is 0.228 e. The molecule has 5 rings (SSSR count). The zero-order chi connectivity index (χ0) is 17.5. The summed E-state index contributed by atoms with van der Waals surface area (Å²) in [5.74, 6) is 0.137. The largest absolute Gasteiger partial charge is 0.356 e. The fourth-order valence-electron chi connectivity index (χ4n) is 4.04. The van der Waals surface area contributed by atoms with Gasteiger partial charge in [0.2, 0.25) is 5.91 Å². The number of nitrogens with zero attached hydrogens (tertiary/aromatic N) is 3. The molecule has 132 valence electrons. The third kappa shape index (κ3) is 2.69. The SMILES string of the molecule is O=C(Cc1noc2ccccc12)N1CC(N2CCc3ccccc3C2)C1. The van der Waals surface area contributed by atoms with Crippen LogP contribution in [0, 0.1) is 0 Å². The van der Waals surface area contributed by atoms with Gasteiger partial charge in [-0.25, -0.2) is 0 Å². The molecule has 1 fully saturated rings. The average Bonchev–Trinajstić information content (AvgIpc) is 3.03. The molecule has 5 nitrogen and oxygen atoms in total. The number of carbonyl (C=O) groups excluding carboxylic acids is 1. The number of benzene rings is 2. The minimum absolute atomic E-state index is 0.137. The Labute approximate surface area is 152 Å². The Kier molecular flexibility index (Phi) is 3.75. The van der Waals surface area contributed by atoms with Gasteiger partial charge in [0.25, 0.3) is 0 Å². The summed E-state index contributed by atoms with van der Waals surface area (Å²) in [6.45, 7) is 3.71. The van der Waals surface area contributed by atoms with Crippen molar-refractivity contribution in [3.05, 3.63) is 65.4 Å². The molecule has 0 bridgehead atoms. The molecule has 26 heavy (non-hydrogen) atoms. The predicted octanol–water partition coefficient (Wildman–Crippen LogP) is 2.64. The van der Waals surface area contributed by atoms with Crippen molar-refractivity contribution >= 4 is 16.9 Å². The molecule has 0 atom stereocenters. The molecule has 3 aromatic rings. The molecule has 0 N–H and O–H groups in total. The summed E-state index contributed by atoms with van der Waals surface area (Å²) >= 11 is 0. The molecule has 2 aliphatic rings. The second-order valence-corrected chi connectivity index (χ2v) is 7.24. The van der Waals surface area contributed by atoms with Crippen molar-refractivity contribution in [2.24, 2.45) is 0 Å². The summed E-state index contributed by atoms with van der Waals surface area (Å²) in [6, 6.07) is 16.8. The van der Waals surface area contributed by atoms with Crippen LogP contribution < -0.4 is 0 Å². The van der Waals surface area contributed by atoms with Crippen LogP contribution in [0.1, 0.15) is 16.8 Å². The molecule has 0 spiro atoms. The fourth-order valence-corrected chi connectivity index (χ4v) is 4.04. The van der Waals surface area contributed by atoms with Crippen molar-refractivity contribution in [2.45, 2.75) is 25.4 Å². The van der Waals surface area contributed by atoms with Crippen molar-refractivity contribution in [3.8, 4) is 0 Å². The van der Waals surface area contributed by atoms with Crippen LogP contribution in [0.3, 0.4) is 0 Å². The van der Waals surface area contributed by atoms with Gasteiger partial charge >= 0.3 is 0 Å². The van der Waals surface area contributed by atoms with Gasteiger partial charge in [0.1, 0.15) is 5.69 Å². The fraction of sp³-hybridized carbons (Fsp3) is 0.333. The molecule has 1 aromatic heterocycles. The van der Waals surface area contributed by atoms with Crippen molar-refractivity contribution in [2.75, 3.05) is 19.6 Å². The van der Waals surface area contributed by atoms with Crippen LogP contribution in [-0.2, 0) is 24.2 Å². The van der Waals surface area contributed by atoms with Crippen molar-refractivity contribution in [1.29, 1.82) is 0 Å². The highest BCUT2D eigenvalue weighted by molar-refractivity contribution is 5.86. The summed E-state index contributed by atoms with van der Waals surface area (Å²) in [5, 5.41) is 5.01. The van der Waals surface area contributed by atoms with Crippen LogP contribution in [-0.4, -0.2) is 46.5 Å². The summed E-state index contributed by atoms with van der Waals surface area (Å²) in [7, 11) is 0. The Hall–Kier alpha value is -2.66. The average molecular weight is 347 g/mol. The van der Waals surface area contributed by atoms with Gasteiger partial charge in [-0.1, -0.05) is 41.6 Å². The van der Waals surface area contributed by atoms with E-state index in [0.717, 1.165) is 49.3 Å². The van der Waals surface area contributed by atoms with E-state index in [9.17, 15) is 4.79 Å². The van der Waals surface area contributed by atoms with Crippen molar-refractivity contribution < 1.29 is 9.32 Å². The number of hydrogen-bond donors (Lipinski definition) is 0. The third-order valence-electron chi connectivity index (χ3n) is 5.66. The van der Waals surface area contributed by atoms with Crippen LogP contribution in [0.25, 0.3) is 11.0 Å². The van der Waals surface area contributed by atoms with Crippen molar-refractivity contribution in [3.63, 3.8) is 0 Å². The molecular formula is C21H21N3O2. The number of para-hydroxylation sites is 1. The van der Waals surface area contributed by atoms with E-state index in [1.807, 2.05) is 29.2 Å². The molecule has 3 heterocycles. The molecule has 0 saturated carbocycles. The molecule has 0 unspecified atom stereocenters. The quantitative estimate of drug-likeness (QED) is 0.731. The Morgan fingerprint density at radius 3 is 2.73 bits per heavy atom. The molecule has 0 radical (unpaired) electrons. The van der Waals surface area contributed by atoms with E-state index >= 15 is 0 Å². The van der Waals surface area contributed by atoms with E-state index in [0.29, 0.717) is 12.5 Å². The van der Waals surface area contributed by atoms with E-state index in [-0.39, 0.29) is 5.91 Å². The minimum Gasteiger partial charge on any atom is -0.356 e. The number of carbonyl (C=O) groups is 1. The molecule has 0 aliphatic carbocycles. The first-order valence-electron chi connectivity index (χ1n) is 9.20. The lowest BCUT2D eigenvalue weighted by molar-refractivity contribution is -0.138. The van der Waals surface area contributed by atoms with Crippen LogP contribution >= 0.6 is 0 Å². The maximum atomic E-state index is 12.6. The van der Waals surface area contributed by atoms with E-state index < -0.39 is 0 Å². The first-order chi connectivity index (χ1) is 12.8. The summed E-state index contributed by atoms with van der Waals surface area (Å²) in [5.41, 5.74) is 4.37. The van der Waals surface area contributed by atoms with Gasteiger partial charge in [-0.2, -0.15) is 0 Å². The maximum absolute atomic E-state index is 12.6. The standard InChI is InChI=1S/C21H21N3O2/c25-21(11-19-18-7-3-4-8-20(18)26-22-19)24-13-17(14-24)23-10-9-15-5-1-2-6-16(15)12-23/h1-8,17H,9-14H2. The highest BCUT2D eigenvalue weighted by Crippen LogP contribution is 2.25. The summed E-state index contributed by atoms with van der Waals surface area (Å²) in [6.07, 6.45) is 1.41. The Morgan fingerprint density at radius 2 is 1.85 bits per heavy atom. The monoisotopic (exact) mass is 347 g/mol. The highest BCUT2D eigenvalue weighted by Gasteiger charge is 2.36. The normalized spacial score (nSPS) is 17.9. The molecule has 2 aromatic carbocycles. The smallest absolute Gasteiger partial charge is 0.228 e. The van der Waals surface area contributed by atoms with Gasteiger partial charge < -0.3 is 9.42 Å². The zero-order valence-corrected chi connectivity index (χ0v) is 14.6. The van der Waals surface area contributed by atoms with Gasteiger partial charge in [-0.05, 0) is 29.7 Å². The molecular weight excluding hydrogens is 326 g/mol. The number of aromatic nitrogens is 1. The van der Waals surface area contributed by atoms with E-state index in [1.54, 1.807) is 0 Å². The third-order valence-corrected chi connectivity index (χ3v) is 5.66. The topological polar surface area (TPSA) is 49.6 Å². The zero-order valence-electron chi connectivity index (χ0n) is 14.6. The van der Waals surface area contributed by atoms with Gasteiger partial charge in [0.05, 0.1) is 6.42 Å². The lowest BCUT2D eigenvalue weighted by atomic mass is 9.96. The molecule has 2 aliphatic heterocycles. The number of fused-ring (bicyclic) bond motifs is 2. The minimum atomic E-state index is 0.137. The number of amides is 1. The molecule has 1 saturated heterocycles. The summed E-state index contributed by atoms with van der Waals surface area (Å²) in [4.78, 5) is 17.0. The Morgan fingerprint density at radius 1 is 1.08 bits per heavy atom. The first kappa shape index (κ1) is 15.6. The number of rotatable bonds is 3. The second-order valence-electron chi connectivity index (χ2n) is 7.24.